The molecule has 0 fully saturated rings. The number of nitro groups is 1. The maximum atomic E-state index is 10.6. The van der Waals surface area contributed by atoms with Crippen LogP contribution in [-0.2, 0) is 6.42 Å². The van der Waals surface area contributed by atoms with E-state index in [1.807, 2.05) is 13.8 Å². The molecule has 0 atom stereocenters. The minimum Gasteiger partial charge on any atom is -0.490 e. The van der Waals surface area contributed by atoms with Crippen molar-refractivity contribution in [2.24, 2.45) is 0 Å². The van der Waals surface area contributed by atoms with E-state index in [1.165, 1.54) is 14.2 Å². The summed E-state index contributed by atoms with van der Waals surface area (Å²) in [5, 5.41) is 10.6. The summed E-state index contributed by atoms with van der Waals surface area (Å²) in [4.78, 5) is 10.2. The third kappa shape index (κ3) is 4.14. The molecule has 0 aliphatic heterocycles. The van der Waals surface area contributed by atoms with E-state index in [1.54, 1.807) is 6.07 Å². The first-order chi connectivity index (χ1) is 10.1. The van der Waals surface area contributed by atoms with E-state index < -0.39 is 0 Å². The Morgan fingerprint density at radius 2 is 1.67 bits per heavy atom. The van der Waals surface area contributed by atoms with Crippen molar-refractivity contribution in [3.63, 3.8) is 0 Å². The number of methoxy groups -OCH3 is 2. The van der Waals surface area contributed by atoms with E-state index in [4.69, 9.17) is 18.9 Å². The maximum absolute atomic E-state index is 10.6. The maximum Gasteiger partial charge on any atom is 0.208 e. The predicted molar refractivity (Wildman–Crippen MR) is 77.4 cm³/mol. The van der Waals surface area contributed by atoms with Crippen molar-refractivity contribution in [3.8, 4) is 23.0 Å². The van der Waals surface area contributed by atoms with Crippen LogP contribution in [0, 0.1) is 10.1 Å². The second kappa shape index (κ2) is 8.18. The molecule has 118 valence electrons. The van der Waals surface area contributed by atoms with Crippen molar-refractivity contribution in [3.05, 3.63) is 21.7 Å². The minimum absolute atomic E-state index is 0.193. The number of hydrogen-bond donors (Lipinski definition) is 0. The molecule has 7 heteroatoms. The molecule has 0 N–H and O–H groups in total. The molecule has 0 spiro atoms. The number of hydrogen-bond acceptors (Lipinski definition) is 6. The quantitative estimate of drug-likeness (QED) is 0.514. The Hall–Kier alpha value is -2.18. The zero-order valence-electron chi connectivity index (χ0n) is 12.8. The molecule has 0 unspecified atom stereocenters. The van der Waals surface area contributed by atoms with Crippen LogP contribution < -0.4 is 18.9 Å². The lowest BCUT2D eigenvalue weighted by molar-refractivity contribution is -0.479. The SMILES string of the molecule is CCOc1cc(CC[N+](=O)[O-])c(OCC)c(OC)c1OC. The van der Waals surface area contributed by atoms with Crippen LogP contribution in [0.25, 0.3) is 0 Å². The molecule has 0 radical (unpaired) electrons. The van der Waals surface area contributed by atoms with Gasteiger partial charge >= 0.3 is 0 Å². The van der Waals surface area contributed by atoms with Gasteiger partial charge < -0.3 is 18.9 Å². The zero-order chi connectivity index (χ0) is 15.8. The summed E-state index contributed by atoms with van der Waals surface area (Å²) in [5.41, 5.74) is 0.662. The molecule has 1 rings (SSSR count). The molecule has 0 bridgehead atoms. The normalized spacial score (nSPS) is 10.1. The van der Waals surface area contributed by atoms with Crippen LogP contribution in [0.2, 0.25) is 0 Å². The van der Waals surface area contributed by atoms with E-state index in [0.29, 0.717) is 41.8 Å². The molecule has 21 heavy (non-hydrogen) atoms. The van der Waals surface area contributed by atoms with Crippen molar-refractivity contribution in [2.75, 3.05) is 34.0 Å². The highest BCUT2D eigenvalue weighted by Crippen LogP contribution is 2.47. The van der Waals surface area contributed by atoms with Crippen LogP contribution in [0.4, 0.5) is 0 Å². The summed E-state index contributed by atoms with van der Waals surface area (Å²) < 4.78 is 21.8. The van der Waals surface area contributed by atoms with Gasteiger partial charge in [0.25, 0.3) is 0 Å². The Labute approximate surface area is 123 Å². The van der Waals surface area contributed by atoms with E-state index in [-0.39, 0.29) is 17.9 Å². The Balaban J connectivity index is 3.36. The second-order valence-corrected chi connectivity index (χ2v) is 4.10. The van der Waals surface area contributed by atoms with Gasteiger partial charge in [0.05, 0.1) is 27.4 Å². The van der Waals surface area contributed by atoms with E-state index in [0.717, 1.165) is 0 Å². The fourth-order valence-electron chi connectivity index (χ4n) is 1.99. The molecule has 0 saturated carbocycles. The molecule has 1 aromatic rings. The van der Waals surface area contributed by atoms with Crippen LogP contribution in [0.5, 0.6) is 23.0 Å². The molecule has 0 amide bonds. The van der Waals surface area contributed by atoms with Gasteiger partial charge in [0, 0.05) is 16.9 Å². The molecule has 0 aliphatic rings. The van der Waals surface area contributed by atoms with Crippen molar-refractivity contribution >= 4 is 0 Å². The Morgan fingerprint density at radius 1 is 1.05 bits per heavy atom. The summed E-state index contributed by atoms with van der Waals surface area (Å²) in [7, 11) is 3.00. The number of ether oxygens (including phenoxy) is 4. The minimum atomic E-state index is -0.368. The predicted octanol–water partition coefficient (Wildman–Crippen LogP) is 2.32. The van der Waals surface area contributed by atoms with Crippen LogP contribution in [-0.4, -0.2) is 38.9 Å². The second-order valence-electron chi connectivity index (χ2n) is 4.10. The van der Waals surface area contributed by atoms with Gasteiger partial charge in [-0.05, 0) is 19.9 Å². The number of nitrogens with zero attached hydrogens (tertiary/aromatic N) is 1. The Kier molecular flexibility index (Phi) is 6.58. The smallest absolute Gasteiger partial charge is 0.208 e. The topological polar surface area (TPSA) is 80.1 Å². The van der Waals surface area contributed by atoms with Gasteiger partial charge in [-0.3, -0.25) is 10.1 Å². The lowest BCUT2D eigenvalue weighted by Crippen LogP contribution is -2.09. The average molecular weight is 299 g/mol. The van der Waals surface area contributed by atoms with Gasteiger partial charge in [-0.15, -0.1) is 0 Å². The van der Waals surface area contributed by atoms with Crippen molar-refractivity contribution in [1.29, 1.82) is 0 Å². The summed E-state index contributed by atoms with van der Waals surface area (Å²) >= 11 is 0. The van der Waals surface area contributed by atoms with Crippen LogP contribution >= 0.6 is 0 Å². The lowest BCUT2D eigenvalue weighted by atomic mass is 10.1. The highest BCUT2D eigenvalue weighted by Gasteiger charge is 2.22. The summed E-state index contributed by atoms with van der Waals surface area (Å²) in [5.74, 6) is 1.76. The Bertz CT molecular complexity index is 489. The van der Waals surface area contributed by atoms with Gasteiger partial charge in [-0.25, -0.2) is 0 Å². The third-order valence-electron chi connectivity index (χ3n) is 2.79. The standard InChI is InChI=1S/C14H21NO6/c1-5-20-11-9-10(7-8-15(16)17)12(21-6-2)14(19-4)13(11)18-3/h9H,5-8H2,1-4H3. The largest absolute Gasteiger partial charge is 0.490 e. The highest BCUT2D eigenvalue weighted by molar-refractivity contribution is 5.63. The summed E-state index contributed by atoms with van der Waals surface area (Å²) in [6, 6.07) is 1.71. The zero-order valence-corrected chi connectivity index (χ0v) is 12.8. The van der Waals surface area contributed by atoms with Crippen LogP contribution in [0.1, 0.15) is 19.4 Å². The van der Waals surface area contributed by atoms with Crippen molar-refractivity contribution in [2.45, 2.75) is 20.3 Å². The molecule has 0 heterocycles. The highest BCUT2D eigenvalue weighted by atomic mass is 16.6. The van der Waals surface area contributed by atoms with Crippen molar-refractivity contribution in [1.82, 2.24) is 0 Å². The van der Waals surface area contributed by atoms with Gasteiger partial charge in [0.1, 0.15) is 0 Å². The fourth-order valence-corrected chi connectivity index (χ4v) is 1.99. The van der Waals surface area contributed by atoms with Gasteiger partial charge in [0.15, 0.2) is 11.5 Å². The molecule has 0 saturated heterocycles. The molecular weight excluding hydrogens is 278 g/mol. The van der Waals surface area contributed by atoms with E-state index in [9.17, 15) is 10.1 Å². The lowest BCUT2D eigenvalue weighted by Gasteiger charge is -2.19. The first-order valence-corrected chi connectivity index (χ1v) is 6.74. The van der Waals surface area contributed by atoms with Crippen LogP contribution in [0.15, 0.2) is 6.07 Å². The molecular formula is C14H21NO6. The van der Waals surface area contributed by atoms with Gasteiger partial charge in [-0.2, -0.15) is 0 Å². The molecule has 0 aliphatic carbocycles. The fraction of sp³-hybridized carbons (Fsp3) is 0.571. The Morgan fingerprint density at radius 3 is 2.14 bits per heavy atom. The average Bonchev–Trinajstić information content (AvgIpc) is 2.46. The van der Waals surface area contributed by atoms with E-state index >= 15 is 0 Å². The van der Waals surface area contributed by atoms with Crippen LogP contribution in [0.3, 0.4) is 0 Å². The summed E-state index contributed by atoms with van der Waals surface area (Å²) in [6.45, 7) is 4.35. The molecule has 7 nitrogen and oxygen atoms in total. The van der Waals surface area contributed by atoms with E-state index in [2.05, 4.69) is 0 Å². The monoisotopic (exact) mass is 299 g/mol. The third-order valence-corrected chi connectivity index (χ3v) is 2.79. The molecule has 0 aromatic heterocycles. The van der Waals surface area contributed by atoms with Gasteiger partial charge in [0.2, 0.25) is 18.0 Å². The first kappa shape index (κ1) is 16.9. The number of benzene rings is 1. The summed E-state index contributed by atoms with van der Waals surface area (Å²) in [6.07, 6.45) is 0.225. The number of rotatable bonds is 9. The molecule has 1 aromatic carbocycles. The first-order valence-electron chi connectivity index (χ1n) is 6.74. The van der Waals surface area contributed by atoms with Crippen molar-refractivity contribution < 1.29 is 23.9 Å². The van der Waals surface area contributed by atoms with Gasteiger partial charge in [-0.1, -0.05) is 0 Å².